The molecule has 0 aromatic carbocycles. The molecule has 62 valence electrons. The molecule has 10 heavy (non-hydrogen) atoms. The summed E-state index contributed by atoms with van der Waals surface area (Å²) in [4.78, 5) is 0. The van der Waals surface area contributed by atoms with Crippen molar-refractivity contribution in [2.75, 3.05) is 12.5 Å². The summed E-state index contributed by atoms with van der Waals surface area (Å²) in [5, 5.41) is 0. The summed E-state index contributed by atoms with van der Waals surface area (Å²) in [6.45, 7) is 1.80. The van der Waals surface area contributed by atoms with E-state index in [1.54, 1.807) is 6.92 Å². The summed E-state index contributed by atoms with van der Waals surface area (Å²) in [5.41, 5.74) is 0. The van der Waals surface area contributed by atoms with Crippen LogP contribution in [0.15, 0.2) is 0 Å². The second kappa shape index (κ2) is 4.38. The molecule has 0 aliphatic rings. The van der Waals surface area contributed by atoms with E-state index in [1.165, 1.54) is 0 Å². The molecular formula is C4H8Cl2O3S. The van der Waals surface area contributed by atoms with Gasteiger partial charge in [-0.1, -0.05) is 6.92 Å². The summed E-state index contributed by atoms with van der Waals surface area (Å²) in [6, 6.07) is 0. The van der Waals surface area contributed by atoms with Crippen LogP contribution in [0.1, 0.15) is 6.92 Å². The lowest BCUT2D eigenvalue weighted by Gasteiger charge is -2.03. The molecule has 1 unspecified atom stereocenters. The van der Waals surface area contributed by atoms with Crippen LogP contribution in [0.25, 0.3) is 0 Å². The molecule has 0 saturated heterocycles. The predicted octanol–water partition coefficient (Wildman–Crippen LogP) is 1.36. The minimum Gasteiger partial charge on any atom is -0.258 e. The van der Waals surface area contributed by atoms with Gasteiger partial charge in [-0.25, -0.2) is 0 Å². The Morgan fingerprint density at radius 2 is 2.10 bits per heavy atom. The van der Waals surface area contributed by atoms with Gasteiger partial charge >= 0.3 is 9.33 Å². The van der Waals surface area contributed by atoms with Crippen molar-refractivity contribution in [3.8, 4) is 0 Å². The normalized spacial score (nSPS) is 15.1. The van der Waals surface area contributed by atoms with Gasteiger partial charge in [0.25, 0.3) is 0 Å². The van der Waals surface area contributed by atoms with Gasteiger partial charge in [0.15, 0.2) is 0 Å². The van der Waals surface area contributed by atoms with Gasteiger partial charge in [0.2, 0.25) is 0 Å². The zero-order valence-electron chi connectivity index (χ0n) is 5.38. The van der Waals surface area contributed by atoms with E-state index in [0.717, 1.165) is 0 Å². The van der Waals surface area contributed by atoms with Crippen LogP contribution in [0, 0.1) is 5.92 Å². The molecule has 0 aliphatic heterocycles. The summed E-state index contributed by atoms with van der Waals surface area (Å²) in [7, 11) is 0.925. The Hall–Kier alpha value is 0.490. The smallest absolute Gasteiger partial charge is 0.258 e. The summed E-state index contributed by atoms with van der Waals surface area (Å²) in [6.07, 6.45) is 0. The fourth-order valence-corrected chi connectivity index (χ4v) is 0.880. The van der Waals surface area contributed by atoms with Crippen molar-refractivity contribution in [1.29, 1.82) is 0 Å². The second-order valence-electron chi connectivity index (χ2n) is 1.94. The molecule has 0 radical (unpaired) electrons. The quantitative estimate of drug-likeness (QED) is 0.516. The maximum atomic E-state index is 10.2. The van der Waals surface area contributed by atoms with E-state index < -0.39 is 9.33 Å². The Kier molecular flexibility index (Phi) is 4.60. The van der Waals surface area contributed by atoms with Crippen LogP contribution >= 0.6 is 22.3 Å². The van der Waals surface area contributed by atoms with Crippen LogP contribution in [0.2, 0.25) is 0 Å². The number of alkyl halides is 1. The second-order valence-corrected chi connectivity index (χ2v) is 4.40. The Balaban J connectivity index is 3.56. The van der Waals surface area contributed by atoms with Crippen molar-refractivity contribution < 1.29 is 12.6 Å². The first kappa shape index (κ1) is 10.5. The standard InChI is InChI=1S/C4H8Cl2O3S/c1-4(2-5)3-9-10(6,7)8/h4H,2-3H2,1H3. The number of rotatable bonds is 4. The van der Waals surface area contributed by atoms with Gasteiger partial charge in [-0.2, -0.15) is 8.42 Å². The molecule has 0 aromatic heterocycles. The van der Waals surface area contributed by atoms with Crippen LogP contribution in [0.4, 0.5) is 0 Å². The molecule has 0 rings (SSSR count). The molecule has 6 heteroatoms. The Bertz CT molecular complexity index is 177. The number of hydrogen-bond donors (Lipinski definition) is 0. The average Bonchev–Trinajstić information content (AvgIpc) is 1.81. The highest BCUT2D eigenvalue weighted by Crippen LogP contribution is 2.04. The molecular weight excluding hydrogens is 199 g/mol. The SMILES string of the molecule is CC(CCl)COS(=O)(=O)Cl. The van der Waals surface area contributed by atoms with E-state index in [1.807, 2.05) is 0 Å². The molecule has 0 aromatic rings. The highest BCUT2D eigenvalue weighted by Gasteiger charge is 2.07. The van der Waals surface area contributed by atoms with Crippen molar-refractivity contribution >= 4 is 31.6 Å². The molecule has 0 saturated carbocycles. The first-order valence-electron chi connectivity index (χ1n) is 2.60. The van der Waals surface area contributed by atoms with Crippen molar-refractivity contribution in [2.45, 2.75) is 6.92 Å². The highest BCUT2D eigenvalue weighted by atomic mass is 35.7. The van der Waals surface area contributed by atoms with Gasteiger partial charge in [-0.05, 0) is 5.92 Å². The van der Waals surface area contributed by atoms with Gasteiger partial charge in [-0.3, -0.25) is 4.18 Å². The van der Waals surface area contributed by atoms with Crippen molar-refractivity contribution in [3.05, 3.63) is 0 Å². The Labute approximate surface area is 69.9 Å². The van der Waals surface area contributed by atoms with Crippen LogP contribution in [-0.4, -0.2) is 20.9 Å². The Morgan fingerprint density at radius 3 is 2.40 bits per heavy atom. The molecule has 0 bridgehead atoms. The third-order valence-electron chi connectivity index (χ3n) is 0.757. The van der Waals surface area contributed by atoms with Gasteiger partial charge in [-0.15, -0.1) is 11.6 Å². The minimum absolute atomic E-state index is 0.00445. The minimum atomic E-state index is -3.82. The average molecular weight is 207 g/mol. The fraction of sp³-hybridized carbons (Fsp3) is 1.00. The Morgan fingerprint density at radius 1 is 1.60 bits per heavy atom. The molecule has 0 aliphatic carbocycles. The van der Waals surface area contributed by atoms with E-state index in [4.69, 9.17) is 22.3 Å². The zero-order valence-corrected chi connectivity index (χ0v) is 7.71. The number of halogens is 2. The monoisotopic (exact) mass is 206 g/mol. The van der Waals surface area contributed by atoms with Crippen molar-refractivity contribution in [3.63, 3.8) is 0 Å². The van der Waals surface area contributed by atoms with E-state index in [-0.39, 0.29) is 12.5 Å². The van der Waals surface area contributed by atoms with E-state index in [9.17, 15) is 8.42 Å². The third kappa shape index (κ3) is 6.61. The largest absolute Gasteiger partial charge is 0.355 e. The lowest BCUT2D eigenvalue weighted by Crippen LogP contribution is -2.09. The van der Waals surface area contributed by atoms with Gasteiger partial charge in [0.05, 0.1) is 6.61 Å². The van der Waals surface area contributed by atoms with Crippen molar-refractivity contribution in [2.24, 2.45) is 5.92 Å². The van der Waals surface area contributed by atoms with Crippen LogP contribution in [0.5, 0.6) is 0 Å². The molecule has 0 amide bonds. The third-order valence-corrected chi connectivity index (χ3v) is 1.97. The van der Waals surface area contributed by atoms with Gasteiger partial charge < -0.3 is 0 Å². The summed E-state index contributed by atoms with van der Waals surface area (Å²) >= 11 is 5.36. The topological polar surface area (TPSA) is 43.4 Å². The fourth-order valence-electron chi connectivity index (χ4n) is 0.242. The first-order valence-corrected chi connectivity index (χ1v) is 5.37. The lowest BCUT2D eigenvalue weighted by atomic mass is 10.2. The summed E-state index contributed by atoms with van der Waals surface area (Å²) in [5.74, 6) is 0.349. The molecule has 0 N–H and O–H groups in total. The number of hydrogen-bond acceptors (Lipinski definition) is 3. The maximum Gasteiger partial charge on any atom is 0.355 e. The molecule has 0 fully saturated rings. The molecule has 1 atom stereocenters. The molecule has 0 heterocycles. The van der Waals surface area contributed by atoms with E-state index >= 15 is 0 Å². The van der Waals surface area contributed by atoms with Crippen LogP contribution in [0.3, 0.4) is 0 Å². The maximum absolute atomic E-state index is 10.2. The van der Waals surface area contributed by atoms with Crippen LogP contribution in [-0.2, 0) is 13.5 Å². The van der Waals surface area contributed by atoms with Gasteiger partial charge in [0.1, 0.15) is 0 Å². The lowest BCUT2D eigenvalue weighted by molar-refractivity contribution is 0.285. The first-order chi connectivity index (χ1) is 4.45. The van der Waals surface area contributed by atoms with Crippen molar-refractivity contribution in [1.82, 2.24) is 0 Å². The van der Waals surface area contributed by atoms with Gasteiger partial charge in [0, 0.05) is 16.6 Å². The highest BCUT2D eigenvalue weighted by molar-refractivity contribution is 8.09. The van der Waals surface area contributed by atoms with E-state index in [0.29, 0.717) is 5.88 Å². The molecule has 3 nitrogen and oxygen atoms in total. The van der Waals surface area contributed by atoms with E-state index in [2.05, 4.69) is 4.18 Å². The van der Waals surface area contributed by atoms with Crippen LogP contribution < -0.4 is 0 Å². The predicted molar refractivity (Wildman–Crippen MR) is 40.6 cm³/mol. The molecule has 0 spiro atoms. The summed E-state index contributed by atoms with van der Waals surface area (Å²) < 4.78 is 24.5. The zero-order chi connectivity index (χ0) is 8.20.